The minimum absolute atomic E-state index is 0.0115. The molecule has 3 fully saturated rings. The zero-order valence-corrected chi connectivity index (χ0v) is 13.9. The maximum absolute atomic E-state index is 6.68. The molecule has 0 radical (unpaired) electrons. The number of ether oxygens (including phenoxy) is 2. The summed E-state index contributed by atoms with van der Waals surface area (Å²) in [6, 6.07) is 22.2. The number of fused-ring (bicyclic) bond motifs is 5. The Kier molecular flexibility index (Phi) is 3.47. The van der Waals surface area contributed by atoms with Crippen LogP contribution in [0.15, 0.2) is 60.7 Å². The molecule has 3 nitrogen and oxygen atoms in total. The lowest BCUT2D eigenvalue weighted by Crippen LogP contribution is -2.47. The topological polar surface area (TPSA) is 25.0 Å². The molecule has 3 saturated heterocycles. The van der Waals surface area contributed by atoms with Gasteiger partial charge in [-0.3, -0.25) is 4.90 Å². The number of nitrogens with zero attached hydrogens (tertiary/aromatic N) is 1. The van der Waals surface area contributed by atoms with Gasteiger partial charge in [0.15, 0.2) is 0 Å². The quantitative estimate of drug-likeness (QED) is 0.807. The van der Waals surface area contributed by atoms with Crippen LogP contribution < -0.4 is 0 Å². The van der Waals surface area contributed by atoms with Gasteiger partial charge < -0.3 is 9.47 Å². The summed E-state index contributed by atoms with van der Waals surface area (Å²) in [7, 11) is 2.24. The first-order chi connectivity index (χ1) is 11.8. The summed E-state index contributed by atoms with van der Waals surface area (Å²) >= 11 is 0. The zero-order chi connectivity index (χ0) is 16.1. The van der Waals surface area contributed by atoms with Gasteiger partial charge >= 0.3 is 0 Å². The minimum atomic E-state index is 0.0115. The predicted molar refractivity (Wildman–Crippen MR) is 92.8 cm³/mol. The first-order valence-corrected chi connectivity index (χ1v) is 8.94. The monoisotopic (exact) mass is 321 g/mol. The first kappa shape index (κ1) is 14.6. The molecule has 3 heterocycles. The van der Waals surface area contributed by atoms with Crippen LogP contribution in [-0.2, 0) is 9.47 Å². The highest BCUT2D eigenvalue weighted by atomic mass is 16.6. The number of hydrogen-bond acceptors (Lipinski definition) is 3. The highest BCUT2D eigenvalue weighted by Crippen LogP contribution is 2.48. The Balaban J connectivity index is 1.40. The fourth-order valence-electron chi connectivity index (χ4n) is 4.61. The van der Waals surface area contributed by atoms with E-state index in [9.17, 15) is 0 Å². The smallest absolute Gasteiger partial charge is 0.108 e. The van der Waals surface area contributed by atoms with Gasteiger partial charge in [-0.25, -0.2) is 0 Å². The van der Waals surface area contributed by atoms with Crippen LogP contribution in [0.2, 0.25) is 0 Å². The largest absolute Gasteiger partial charge is 0.366 e. The van der Waals surface area contributed by atoms with E-state index in [0.717, 1.165) is 12.8 Å². The summed E-state index contributed by atoms with van der Waals surface area (Å²) in [6.07, 6.45) is 3.38. The van der Waals surface area contributed by atoms with Crippen molar-refractivity contribution in [2.75, 3.05) is 7.05 Å². The molecule has 0 aromatic heterocycles. The summed E-state index contributed by atoms with van der Waals surface area (Å²) < 4.78 is 12.5. The second kappa shape index (κ2) is 5.69. The predicted octanol–water partition coefficient (Wildman–Crippen LogP) is 3.41. The molecule has 4 atom stereocenters. The van der Waals surface area contributed by atoms with E-state index >= 15 is 0 Å². The van der Waals surface area contributed by atoms with Gasteiger partial charge in [-0.1, -0.05) is 60.7 Å². The van der Waals surface area contributed by atoms with Crippen LogP contribution in [0.3, 0.4) is 0 Å². The minimum Gasteiger partial charge on any atom is -0.366 e. The van der Waals surface area contributed by atoms with Gasteiger partial charge in [-0.2, -0.15) is 0 Å². The van der Waals surface area contributed by atoms with Gasteiger partial charge in [-0.15, -0.1) is 0 Å². The van der Waals surface area contributed by atoms with Crippen molar-refractivity contribution in [1.29, 1.82) is 0 Å². The van der Waals surface area contributed by atoms with E-state index < -0.39 is 0 Å². The van der Waals surface area contributed by atoms with Gasteiger partial charge in [0.25, 0.3) is 0 Å². The van der Waals surface area contributed by atoms with E-state index in [-0.39, 0.29) is 6.10 Å². The molecular formula is C21H23NO2. The second-order valence-corrected chi connectivity index (χ2v) is 7.30. The summed E-state index contributed by atoms with van der Waals surface area (Å²) in [5.41, 5.74) is 2.47. The fourth-order valence-corrected chi connectivity index (χ4v) is 4.61. The van der Waals surface area contributed by atoms with E-state index in [1.54, 1.807) is 0 Å². The molecule has 4 unspecified atom stereocenters. The number of piperidine rings is 1. The van der Waals surface area contributed by atoms with Crippen molar-refractivity contribution in [3.05, 3.63) is 71.8 Å². The summed E-state index contributed by atoms with van der Waals surface area (Å²) in [6.45, 7) is 0. The van der Waals surface area contributed by atoms with Crippen LogP contribution in [0.1, 0.15) is 30.1 Å². The summed E-state index contributed by atoms with van der Waals surface area (Å²) in [5.74, 6) is 0. The molecule has 2 aromatic rings. The summed E-state index contributed by atoms with van der Waals surface area (Å²) in [4.78, 5) is 2.51. The van der Waals surface area contributed by atoms with E-state index in [2.05, 4.69) is 72.6 Å². The van der Waals surface area contributed by atoms with Crippen LogP contribution in [-0.4, -0.2) is 42.3 Å². The Morgan fingerprint density at radius 2 is 1.38 bits per heavy atom. The molecule has 124 valence electrons. The van der Waals surface area contributed by atoms with Crippen LogP contribution >= 0.6 is 0 Å². The van der Waals surface area contributed by atoms with Crippen molar-refractivity contribution in [3.63, 3.8) is 0 Å². The van der Waals surface area contributed by atoms with Gasteiger partial charge in [0.05, 0.1) is 6.10 Å². The van der Waals surface area contributed by atoms with E-state index in [0.29, 0.717) is 30.4 Å². The molecule has 24 heavy (non-hydrogen) atoms. The average Bonchev–Trinajstić information content (AvgIpc) is 3.39. The lowest BCUT2D eigenvalue weighted by atomic mass is 9.97. The third-order valence-electron chi connectivity index (χ3n) is 5.91. The van der Waals surface area contributed by atoms with Gasteiger partial charge in [0.2, 0.25) is 0 Å². The highest BCUT2D eigenvalue weighted by Gasteiger charge is 2.62. The number of epoxide rings is 1. The number of rotatable bonds is 4. The van der Waals surface area contributed by atoms with Crippen molar-refractivity contribution < 1.29 is 9.47 Å². The third kappa shape index (κ3) is 2.39. The van der Waals surface area contributed by atoms with Crippen molar-refractivity contribution in [2.24, 2.45) is 0 Å². The molecule has 0 spiro atoms. The number of hydrogen-bond donors (Lipinski definition) is 0. The Labute approximate surface area is 143 Å². The molecule has 3 aliphatic heterocycles. The highest BCUT2D eigenvalue weighted by molar-refractivity contribution is 5.30. The Morgan fingerprint density at radius 3 is 1.88 bits per heavy atom. The Bertz CT molecular complexity index is 647. The van der Waals surface area contributed by atoms with E-state index in [1.807, 2.05) is 0 Å². The fraction of sp³-hybridized carbons (Fsp3) is 0.429. The number of morpholine rings is 1. The third-order valence-corrected chi connectivity index (χ3v) is 5.91. The normalized spacial score (nSPS) is 34.3. The van der Waals surface area contributed by atoms with Gasteiger partial charge in [-0.05, 0) is 31.0 Å². The summed E-state index contributed by atoms with van der Waals surface area (Å²) in [5, 5.41) is 0. The maximum atomic E-state index is 6.68. The Hall–Kier alpha value is -1.68. The lowest BCUT2D eigenvalue weighted by molar-refractivity contribution is -0.0632. The van der Waals surface area contributed by atoms with Crippen molar-refractivity contribution in [3.8, 4) is 0 Å². The van der Waals surface area contributed by atoms with Gasteiger partial charge in [0.1, 0.15) is 18.3 Å². The van der Waals surface area contributed by atoms with Crippen molar-refractivity contribution in [2.45, 2.75) is 49.3 Å². The van der Waals surface area contributed by atoms with Crippen LogP contribution in [0.25, 0.3) is 0 Å². The van der Waals surface area contributed by atoms with Crippen molar-refractivity contribution >= 4 is 0 Å². The SMILES string of the molecule is CN1C2CC(OC(c3ccccc3)c3ccccc3)CC1C1OC12. The second-order valence-electron chi connectivity index (χ2n) is 7.30. The first-order valence-electron chi connectivity index (χ1n) is 8.94. The number of benzene rings is 2. The molecule has 2 aromatic carbocycles. The number of likely N-dealkylation sites (N-methyl/N-ethyl adjacent to an activating group) is 1. The average molecular weight is 321 g/mol. The molecule has 0 amide bonds. The standard InChI is InChI=1S/C21H23NO2/c1-22-17-12-16(13-18(22)21-20(17)24-21)23-19(14-8-4-2-5-9-14)15-10-6-3-7-11-15/h2-11,16-21H,12-13H2,1H3. The van der Waals surface area contributed by atoms with Gasteiger partial charge in [0, 0.05) is 12.1 Å². The Morgan fingerprint density at radius 1 is 0.875 bits per heavy atom. The lowest BCUT2D eigenvalue weighted by Gasteiger charge is -2.39. The van der Waals surface area contributed by atoms with Crippen LogP contribution in [0.5, 0.6) is 0 Å². The molecule has 0 saturated carbocycles. The molecule has 3 heteroatoms. The zero-order valence-electron chi connectivity index (χ0n) is 13.9. The molecular weight excluding hydrogens is 298 g/mol. The maximum Gasteiger partial charge on any atom is 0.108 e. The molecule has 0 N–H and O–H groups in total. The van der Waals surface area contributed by atoms with Crippen molar-refractivity contribution in [1.82, 2.24) is 4.90 Å². The molecule has 0 aliphatic carbocycles. The molecule has 3 aliphatic rings. The van der Waals surface area contributed by atoms with Crippen LogP contribution in [0, 0.1) is 0 Å². The molecule has 5 rings (SSSR count). The van der Waals surface area contributed by atoms with E-state index in [4.69, 9.17) is 9.47 Å². The van der Waals surface area contributed by atoms with E-state index in [1.165, 1.54) is 11.1 Å². The van der Waals surface area contributed by atoms with Crippen LogP contribution in [0.4, 0.5) is 0 Å². The molecule has 2 bridgehead atoms.